The van der Waals surface area contributed by atoms with Crippen LogP contribution in [0.15, 0.2) is 35.7 Å². The first-order chi connectivity index (χ1) is 9.94. The van der Waals surface area contributed by atoms with Gasteiger partial charge in [-0.3, -0.25) is 4.79 Å². The SMILES string of the molecule is CCC(C)(C)N(C)c1nc(CC(=O)c2ccccc2)cs1. The van der Waals surface area contributed by atoms with Crippen molar-refractivity contribution in [3.63, 3.8) is 0 Å². The van der Waals surface area contributed by atoms with Crippen LogP contribution < -0.4 is 4.90 Å². The van der Waals surface area contributed by atoms with Gasteiger partial charge < -0.3 is 4.90 Å². The lowest BCUT2D eigenvalue weighted by Crippen LogP contribution is -2.40. The van der Waals surface area contributed by atoms with E-state index in [4.69, 9.17) is 0 Å². The molecule has 0 aliphatic carbocycles. The van der Waals surface area contributed by atoms with Crippen LogP contribution in [0.1, 0.15) is 43.2 Å². The number of rotatable bonds is 6. The summed E-state index contributed by atoms with van der Waals surface area (Å²) in [6, 6.07) is 9.39. The summed E-state index contributed by atoms with van der Waals surface area (Å²) in [4.78, 5) is 19.0. The Kier molecular flexibility index (Phi) is 4.78. The van der Waals surface area contributed by atoms with Crippen LogP contribution in [0, 0.1) is 0 Å². The van der Waals surface area contributed by atoms with Crippen LogP contribution in [0.4, 0.5) is 5.13 Å². The number of carbonyl (C=O) groups excluding carboxylic acids is 1. The molecule has 4 heteroatoms. The van der Waals surface area contributed by atoms with Gasteiger partial charge in [-0.2, -0.15) is 0 Å². The Labute approximate surface area is 130 Å². The van der Waals surface area contributed by atoms with Crippen LogP contribution in [0.2, 0.25) is 0 Å². The minimum absolute atomic E-state index is 0.0680. The number of benzene rings is 1. The Morgan fingerprint density at radius 2 is 1.95 bits per heavy atom. The summed E-state index contributed by atoms with van der Waals surface area (Å²) in [6.45, 7) is 6.57. The second kappa shape index (κ2) is 6.39. The van der Waals surface area contributed by atoms with Gasteiger partial charge in [-0.25, -0.2) is 4.98 Å². The number of anilines is 1. The van der Waals surface area contributed by atoms with Crippen molar-refractivity contribution in [2.45, 2.75) is 39.2 Å². The van der Waals surface area contributed by atoms with Crippen LogP contribution in [0.3, 0.4) is 0 Å². The molecule has 0 unspecified atom stereocenters. The number of carbonyl (C=O) groups is 1. The first-order valence-electron chi connectivity index (χ1n) is 7.20. The number of Topliss-reactive ketones (excluding diaryl/α,β-unsaturated/α-hetero) is 1. The normalized spacial score (nSPS) is 11.4. The summed E-state index contributed by atoms with van der Waals surface area (Å²) >= 11 is 1.60. The third-order valence-corrected chi connectivity index (χ3v) is 5.00. The molecule has 0 aliphatic rings. The fraction of sp³-hybridized carbons (Fsp3) is 0.412. The van der Waals surface area contributed by atoms with Gasteiger partial charge in [0, 0.05) is 23.5 Å². The number of hydrogen-bond donors (Lipinski definition) is 0. The first kappa shape index (κ1) is 15.7. The molecule has 0 atom stereocenters. The van der Waals surface area contributed by atoms with Gasteiger partial charge in [0.15, 0.2) is 10.9 Å². The van der Waals surface area contributed by atoms with Gasteiger partial charge in [0.2, 0.25) is 0 Å². The molecule has 0 radical (unpaired) electrons. The minimum Gasteiger partial charge on any atom is -0.346 e. The van der Waals surface area contributed by atoms with Crippen LogP contribution in [0.5, 0.6) is 0 Å². The molecule has 1 aromatic carbocycles. The smallest absolute Gasteiger partial charge is 0.185 e. The van der Waals surface area contributed by atoms with Gasteiger partial charge in [0.1, 0.15) is 0 Å². The third-order valence-electron chi connectivity index (χ3n) is 4.04. The average Bonchev–Trinajstić information content (AvgIpc) is 2.95. The highest BCUT2D eigenvalue weighted by Gasteiger charge is 2.23. The molecule has 1 heterocycles. The zero-order valence-electron chi connectivity index (χ0n) is 13.1. The molecule has 2 aromatic rings. The van der Waals surface area contributed by atoms with Gasteiger partial charge in [0.05, 0.1) is 12.1 Å². The molecule has 0 saturated heterocycles. The maximum Gasteiger partial charge on any atom is 0.185 e. The van der Waals surface area contributed by atoms with Crippen molar-refractivity contribution in [1.29, 1.82) is 0 Å². The van der Waals surface area contributed by atoms with Crippen molar-refractivity contribution in [1.82, 2.24) is 4.98 Å². The Morgan fingerprint density at radius 3 is 2.57 bits per heavy atom. The standard InChI is InChI=1S/C17H22N2OS/c1-5-17(2,3)19(4)16-18-14(12-21-16)11-15(20)13-9-7-6-8-10-13/h6-10,12H,5,11H2,1-4H3. The lowest BCUT2D eigenvalue weighted by Gasteiger charge is -2.34. The van der Waals surface area contributed by atoms with Crippen molar-refractivity contribution in [2.24, 2.45) is 0 Å². The van der Waals surface area contributed by atoms with Crippen LogP contribution in [-0.4, -0.2) is 23.4 Å². The van der Waals surface area contributed by atoms with Crippen LogP contribution in [0.25, 0.3) is 0 Å². The van der Waals surface area contributed by atoms with E-state index in [1.807, 2.05) is 35.7 Å². The van der Waals surface area contributed by atoms with Crippen molar-refractivity contribution in [3.05, 3.63) is 47.0 Å². The summed E-state index contributed by atoms with van der Waals surface area (Å²) in [6.07, 6.45) is 1.41. The van der Waals surface area contributed by atoms with Crippen LogP contribution in [-0.2, 0) is 6.42 Å². The Bertz CT molecular complexity index is 604. The maximum absolute atomic E-state index is 12.2. The van der Waals surface area contributed by atoms with E-state index in [1.54, 1.807) is 11.3 Å². The molecule has 112 valence electrons. The van der Waals surface area contributed by atoms with Crippen LogP contribution >= 0.6 is 11.3 Å². The number of ketones is 1. The molecule has 0 N–H and O–H groups in total. The van der Waals surface area contributed by atoms with Gasteiger partial charge in [-0.15, -0.1) is 11.3 Å². The van der Waals surface area contributed by atoms with Crippen molar-refractivity contribution < 1.29 is 4.79 Å². The predicted molar refractivity (Wildman–Crippen MR) is 89.4 cm³/mol. The average molecular weight is 302 g/mol. The molecule has 21 heavy (non-hydrogen) atoms. The van der Waals surface area contributed by atoms with E-state index in [-0.39, 0.29) is 11.3 Å². The van der Waals surface area contributed by atoms with Gasteiger partial charge in [0.25, 0.3) is 0 Å². The molecule has 0 aliphatic heterocycles. The van der Waals surface area contributed by atoms with Gasteiger partial charge in [-0.05, 0) is 20.3 Å². The molecule has 3 nitrogen and oxygen atoms in total. The summed E-state index contributed by atoms with van der Waals surface area (Å²) in [5.41, 5.74) is 1.66. The largest absolute Gasteiger partial charge is 0.346 e. The van der Waals surface area contributed by atoms with E-state index < -0.39 is 0 Å². The highest BCUT2D eigenvalue weighted by Crippen LogP contribution is 2.28. The van der Waals surface area contributed by atoms with E-state index in [0.717, 1.165) is 22.8 Å². The predicted octanol–water partition coefficient (Wildman–Crippen LogP) is 4.19. The van der Waals surface area contributed by atoms with E-state index in [1.165, 1.54) is 0 Å². The minimum atomic E-state index is 0.0680. The molecule has 1 aromatic heterocycles. The van der Waals surface area contributed by atoms with Crippen molar-refractivity contribution >= 4 is 22.3 Å². The van der Waals surface area contributed by atoms with E-state index in [0.29, 0.717) is 6.42 Å². The quantitative estimate of drug-likeness (QED) is 0.750. The fourth-order valence-electron chi connectivity index (χ4n) is 1.92. The van der Waals surface area contributed by atoms with Crippen molar-refractivity contribution in [3.8, 4) is 0 Å². The Morgan fingerprint density at radius 1 is 1.29 bits per heavy atom. The Hall–Kier alpha value is -1.68. The summed E-state index contributed by atoms with van der Waals surface area (Å²) in [7, 11) is 2.06. The van der Waals surface area contributed by atoms with E-state index in [2.05, 4.69) is 37.7 Å². The second-order valence-corrected chi connectivity index (χ2v) is 6.65. The zero-order chi connectivity index (χ0) is 15.5. The third kappa shape index (κ3) is 3.70. The summed E-state index contributed by atoms with van der Waals surface area (Å²) in [5, 5.41) is 2.95. The van der Waals surface area contributed by atoms with Gasteiger partial charge >= 0.3 is 0 Å². The monoisotopic (exact) mass is 302 g/mol. The molecule has 0 amide bonds. The molecule has 0 spiro atoms. The topological polar surface area (TPSA) is 33.2 Å². The molecule has 0 bridgehead atoms. The second-order valence-electron chi connectivity index (χ2n) is 5.81. The first-order valence-corrected chi connectivity index (χ1v) is 8.08. The lowest BCUT2D eigenvalue weighted by atomic mass is 10.0. The van der Waals surface area contributed by atoms with Gasteiger partial charge in [-0.1, -0.05) is 37.3 Å². The number of thiazole rings is 1. The maximum atomic E-state index is 12.2. The number of hydrogen-bond acceptors (Lipinski definition) is 4. The highest BCUT2D eigenvalue weighted by molar-refractivity contribution is 7.13. The van der Waals surface area contributed by atoms with E-state index in [9.17, 15) is 4.79 Å². The molecule has 0 fully saturated rings. The molecule has 0 saturated carbocycles. The summed E-state index contributed by atoms with van der Waals surface area (Å²) < 4.78 is 0. The van der Waals surface area contributed by atoms with Crippen molar-refractivity contribution in [2.75, 3.05) is 11.9 Å². The molecular formula is C17H22N2OS. The number of nitrogens with zero attached hydrogens (tertiary/aromatic N) is 2. The molecular weight excluding hydrogens is 280 g/mol. The fourth-order valence-corrected chi connectivity index (χ4v) is 2.87. The Balaban J connectivity index is 2.09. The zero-order valence-corrected chi connectivity index (χ0v) is 13.9. The van der Waals surface area contributed by atoms with E-state index >= 15 is 0 Å². The highest BCUT2D eigenvalue weighted by atomic mass is 32.1. The number of aromatic nitrogens is 1. The summed E-state index contributed by atoms with van der Waals surface area (Å²) in [5.74, 6) is 0.116. The molecule has 2 rings (SSSR count). The lowest BCUT2D eigenvalue weighted by molar-refractivity contribution is 0.0992.